The number of methoxy groups -OCH3 is 1. The minimum Gasteiger partial charge on any atom is -0.493 e. The average Bonchev–Trinajstić information content (AvgIpc) is 3.10. The fraction of sp³-hybridized carbons (Fsp3) is 0.267. The quantitative estimate of drug-likeness (QED) is 0.674. The first-order chi connectivity index (χ1) is 10.3. The average molecular weight is 284 g/mol. The topological polar surface area (TPSA) is 61.4 Å². The second kappa shape index (κ2) is 5.40. The van der Waals surface area contributed by atoms with E-state index >= 15 is 0 Å². The molecule has 0 atom stereocenters. The molecule has 6 nitrogen and oxygen atoms in total. The van der Waals surface area contributed by atoms with Gasteiger partial charge in [0.15, 0.2) is 11.4 Å². The lowest BCUT2D eigenvalue weighted by Gasteiger charge is -2.06. The van der Waals surface area contributed by atoms with Crippen LogP contribution in [0.25, 0.3) is 5.52 Å². The Bertz CT molecular complexity index is 788. The normalized spacial score (nSPS) is 11.0. The van der Waals surface area contributed by atoms with Crippen molar-refractivity contribution in [3.8, 4) is 5.75 Å². The summed E-state index contributed by atoms with van der Waals surface area (Å²) in [7, 11) is 1.54. The lowest BCUT2D eigenvalue weighted by Crippen LogP contribution is -2.12. The summed E-state index contributed by atoms with van der Waals surface area (Å²) in [4.78, 5) is 12.9. The number of rotatable bonds is 5. The molecule has 3 aromatic heterocycles. The molecule has 3 aromatic rings. The highest BCUT2D eigenvalue weighted by atomic mass is 16.5. The van der Waals surface area contributed by atoms with Crippen LogP contribution in [0.15, 0.2) is 36.8 Å². The SMILES string of the molecule is CCCn1ncc(OC)c1C(=O)c1cnn2ccccc12. The Morgan fingerprint density at radius 1 is 1.29 bits per heavy atom. The van der Waals surface area contributed by atoms with Gasteiger partial charge in [0.05, 0.1) is 30.6 Å². The van der Waals surface area contributed by atoms with E-state index in [1.54, 1.807) is 28.7 Å². The zero-order valence-electron chi connectivity index (χ0n) is 12.0. The molecule has 0 saturated heterocycles. The molecule has 0 aliphatic heterocycles. The van der Waals surface area contributed by atoms with Crippen LogP contribution in [0.3, 0.4) is 0 Å². The van der Waals surface area contributed by atoms with Crippen LogP contribution in [0.2, 0.25) is 0 Å². The van der Waals surface area contributed by atoms with E-state index in [4.69, 9.17) is 4.74 Å². The standard InChI is InChI=1S/C15H16N4O2/c1-3-7-19-14(13(21-2)10-17-19)15(20)11-9-16-18-8-5-4-6-12(11)18/h4-6,8-10H,3,7H2,1-2H3. The van der Waals surface area contributed by atoms with Crippen molar-refractivity contribution in [3.05, 3.63) is 48.0 Å². The first-order valence-electron chi connectivity index (χ1n) is 6.83. The van der Waals surface area contributed by atoms with E-state index in [2.05, 4.69) is 10.2 Å². The van der Waals surface area contributed by atoms with Crippen LogP contribution in [0.4, 0.5) is 0 Å². The zero-order chi connectivity index (χ0) is 14.8. The summed E-state index contributed by atoms with van der Waals surface area (Å²) in [5.74, 6) is 0.364. The fourth-order valence-electron chi connectivity index (χ4n) is 2.37. The van der Waals surface area contributed by atoms with Crippen molar-refractivity contribution >= 4 is 11.3 Å². The molecule has 0 aliphatic rings. The molecule has 0 saturated carbocycles. The monoisotopic (exact) mass is 284 g/mol. The van der Waals surface area contributed by atoms with Crippen molar-refractivity contribution in [2.45, 2.75) is 19.9 Å². The maximum Gasteiger partial charge on any atom is 0.218 e. The van der Waals surface area contributed by atoms with E-state index in [0.29, 0.717) is 23.6 Å². The molecule has 0 bridgehead atoms. The second-order valence-corrected chi connectivity index (χ2v) is 4.70. The van der Waals surface area contributed by atoms with Crippen molar-refractivity contribution in [3.63, 3.8) is 0 Å². The fourth-order valence-corrected chi connectivity index (χ4v) is 2.37. The van der Waals surface area contributed by atoms with Crippen LogP contribution >= 0.6 is 0 Å². The molecule has 0 unspecified atom stereocenters. The van der Waals surface area contributed by atoms with Crippen molar-refractivity contribution in [1.29, 1.82) is 0 Å². The van der Waals surface area contributed by atoms with Gasteiger partial charge in [-0.1, -0.05) is 13.0 Å². The molecule has 3 heterocycles. The van der Waals surface area contributed by atoms with E-state index < -0.39 is 0 Å². The van der Waals surface area contributed by atoms with Gasteiger partial charge in [0.1, 0.15) is 0 Å². The van der Waals surface area contributed by atoms with E-state index in [1.807, 2.05) is 31.3 Å². The number of nitrogens with zero attached hydrogens (tertiary/aromatic N) is 4. The number of aryl methyl sites for hydroxylation is 1. The van der Waals surface area contributed by atoms with Crippen LogP contribution in [-0.4, -0.2) is 32.3 Å². The Labute approximate surface area is 122 Å². The maximum atomic E-state index is 12.9. The lowest BCUT2D eigenvalue weighted by molar-refractivity contribution is 0.102. The van der Waals surface area contributed by atoms with E-state index in [-0.39, 0.29) is 5.78 Å². The minimum atomic E-state index is -0.126. The van der Waals surface area contributed by atoms with Gasteiger partial charge in [0.25, 0.3) is 0 Å². The van der Waals surface area contributed by atoms with Gasteiger partial charge in [0, 0.05) is 12.7 Å². The molecule has 6 heteroatoms. The second-order valence-electron chi connectivity index (χ2n) is 4.70. The highest BCUT2D eigenvalue weighted by Gasteiger charge is 2.23. The third-order valence-electron chi connectivity index (χ3n) is 3.35. The lowest BCUT2D eigenvalue weighted by atomic mass is 10.1. The number of hydrogen-bond donors (Lipinski definition) is 0. The molecule has 0 radical (unpaired) electrons. The van der Waals surface area contributed by atoms with Gasteiger partial charge >= 0.3 is 0 Å². The number of carbonyl (C=O) groups excluding carboxylic acids is 1. The smallest absolute Gasteiger partial charge is 0.218 e. The molecule has 0 fully saturated rings. The predicted octanol–water partition coefficient (Wildman–Crippen LogP) is 2.18. The number of fused-ring (bicyclic) bond motifs is 1. The molecule has 0 aliphatic carbocycles. The van der Waals surface area contributed by atoms with Gasteiger partial charge in [-0.2, -0.15) is 10.2 Å². The Balaban J connectivity index is 2.12. The minimum absolute atomic E-state index is 0.126. The number of ketones is 1. The van der Waals surface area contributed by atoms with Crippen molar-refractivity contribution in [1.82, 2.24) is 19.4 Å². The van der Waals surface area contributed by atoms with Gasteiger partial charge in [-0.25, -0.2) is 4.52 Å². The first-order valence-corrected chi connectivity index (χ1v) is 6.83. The van der Waals surface area contributed by atoms with Crippen LogP contribution in [0.5, 0.6) is 5.75 Å². The number of pyridine rings is 1. The number of carbonyl (C=O) groups is 1. The number of hydrogen-bond acceptors (Lipinski definition) is 4. The van der Waals surface area contributed by atoms with Crippen molar-refractivity contribution < 1.29 is 9.53 Å². The van der Waals surface area contributed by atoms with Gasteiger partial charge < -0.3 is 4.74 Å². The van der Waals surface area contributed by atoms with Crippen molar-refractivity contribution in [2.75, 3.05) is 7.11 Å². The summed E-state index contributed by atoms with van der Waals surface area (Å²) in [5.41, 5.74) is 1.79. The third kappa shape index (κ3) is 2.18. The summed E-state index contributed by atoms with van der Waals surface area (Å²) in [6.07, 6.45) is 5.86. The molecule has 0 spiro atoms. The Kier molecular flexibility index (Phi) is 3.43. The zero-order valence-corrected chi connectivity index (χ0v) is 12.0. The van der Waals surface area contributed by atoms with Gasteiger partial charge in [-0.15, -0.1) is 0 Å². The van der Waals surface area contributed by atoms with Gasteiger partial charge in [0.2, 0.25) is 5.78 Å². The first kappa shape index (κ1) is 13.4. The molecule has 0 N–H and O–H groups in total. The Morgan fingerprint density at radius 3 is 2.90 bits per heavy atom. The van der Waals surface area contributed by atoms with Gasteiger partial charge in [-0.05, 0) is 18.6 Å². The predicted molar refractivity (Wildman–Crippen MR) is 77.7 cm³/mol. The Hall–Kier alpha value is -2.63. The molecular formula is C15H16N4O2. The largest absolute Gasteiger partial charge is 0.493 e. The molecule has 108 valence electrons. The summed E-state index contributed by atoms with van der Waals surface area (Å²) in [6, 6.07) is 5.62. The molecule has 0 amide bonds. The van der Waals surface area contributed by atoms with Crippen LogP contribution in [0.1, 0.15) is 29.4 Å². The highest BCUT2D eigenvalue weighted by Crippen LogP contribution is 2.23. The molecule has 3 rings (SSSR count). The summed E-state index contributed by atoms with van der Waals surface area (Å²) >= 11 is 0. The number of aromatic nitrogens is 4. The van der Waals surface area contributed by atoms with E-state index in [0.717, 1.165) is 11.9 Å². The molecule has 21 heavy (non-hydrogen) atoms. The highest BCUT2D eigenvalue weighted by molar-refractivity contribution is 6.13. The molecular weight excluding hydrogens is 268 g/mol. The van der Waals surface area contributed by atoms with Crippen LogP contribution in [0, 0.1) is 0 Å². The van der Waals surface area contributed by atoms with Crippen molar-refractivity contribution in [2.24, 2.45) is 0 Å². The third-order valence-corrected chi connectivity index (χ3v) is 3.35. The summed E-state index contributed by atoms with van der Waals surface area (Å²) < 4.78 is 8.64. The maximum absolute atomic E-state index is 12.9. The van der Waals surface area contributed by atoms with E-state index in [1.165, 1.54) is 0 Å². The summed E-state index contributed by atoms with van der Waals surface area (Å²) in [6.45, 7) is 2.71. The van der Waals surface area contributed by atoms with Crippen LogP contribution in [-0.2, 0) is 6.54 Å². The van der Waals surface area contributed by atoms with Gasteiger partial charge in [-0.3, -0.25) is 9.48 Å². The number of ether oxygens (including phenoxy) is 1. The Morgan fingerprint density at radius 2 is 2.14 bits per heavy atom. The summed E-state index contributed by atoms with van der Waals surface area (Å²) in [5, 5.41) is 8.44. The molecule has 0 aromatic carbocycles. The van der Waals surface area contributed by atoms with Crippen LogP contribution < -0.4 is 4.74 Å². The van der Waals surface area contributed by atoms with E-state index in [9.17, 15) is 4.79 Å².